The van der Waals surface area contributed by atoms with E-state index in [-0.39, 0.29) is 11.4 Å². The van der Waals surface area contributed by atoms with Crippen LogP contribution in [0.15, 0.2) is 24.3 Å². The Labute approximate surface area is 179 Å². The molecule has 0 bridgehead atoms. The van der Waals surface area contributed by atoms with Crippen LogP contribution >= 0.6 is 0 Å². The number of benzene rings is 2. The highest BCUT2D eigenvalue weighted by Gasteiger charge is 2.42. The Morgan fingerprint density at radius 3 is 2.09 bits per heavy atom. The van der Waals surface area contributed by atoms with E-state index in [4.69, 9.17) is 9.47 Å². The Kier molecular flexibility index (Phi) is 6.85. The van der Waals surface area contributed by atoms with E-state index in [0.29, 0.717) is 12.8 Å². The standard InChI is InChI=1S/C21H19F5N2O4/c1-31-19(29)21(8-3-2-4-9-21)28-20(30)27-11-6-5-7-12(10-11)32-18-16(25)14(23)13(22)15(24)17(18)26/h5-7,10H,2-4,8-9H2,1H3,(H2,27,28,30). The van der Waals surface area contributed by atoms with E-state index in [2.05, 4.69) is 10.6 Å². The van der Waals surface area contributed by atoms with Crippen LogP contribution in [0.2, 0.25) is 0 Å². The van der Waals surface area contributed by atoms with E-state index in [1.807, 2.05) is 0 Å². The normalized spacial score (nSPS) is 15.1. The highest BCUT2D eigenvalue weighted by atomic mass is 19.2. The molecule has 11 heteroatoms. The van der Waals surface area contributed by atoms with Crippen LogP contribution in [0.1, 0.15) is 32.1 Å². The van der Waals surface area contributed by atoms with Gasteiger partial charge in [0.05, 0.1) is 7.11 Å². The summed E-state index contributed by atoms with van der Waals surface area (Å²) in [5, 5.41) is 5.06. The molecule has 2 N–H and O–H groups in total. The molecule has 2 aromatic rings. The number of anilines is 1. The van der Waals surface area contributed by atoms with Crippen LogP contribution in [-0.2, 0) is 9.53 Å². The van der Waals surface area contributed by atoms with E-state index in [1.54, 1.807) is 0 Å². The summed E-state index contributed by atoms with van der Waals surface area (Å²) in [6.07, 6.45) is 3.16. The van der Waals surface area contributed by atoms with Crippen molar-refractivity contribution in [1.82, 2.24) is 5.32 Å². The minimum Gasteiger partial charge on any atom is -0.467 e. The van der Waals surface area contributed by atoms with Gasteiger partial charge in [-0.3, -0.25) is 0 Å². The Hall–Kier alpha value is -3.37. The minimum absolute atomic E-state index is 0.0831. The Bertz CT molecular complexity index is 1010. The molecule has 3 rings (SSSR count). The molecule has 1 saturated carbocycles. The van der Waals surface area contributed by atoms with Gasteiger partial charge in [-0.05, 0) is 25.0 Å². The summed E-state index contributed by atoms with van der Waals surface area (Å²) >= 11 is 0. The van der Waals surface area contributed by atoms with Gasteiger partial charge in [0.1, 0.15) is 11.3 Å². The van der Waals surface area contributed by atoms with Crippen molar-refractivity contribution in [3.05, 3.63) is 53.4 Å². The van der Waals surface area contributed by atoms with Crippen molar-refractivity contribution >= 4 is 17.7 Å². The number of amides is 2. The summed E-state index contributed by atoms with van der Waals surface area (Å²) in [6, 6.07) is 4.29. The van der Waals surface area contributed by atoms with Crippen molar-refractivity contribution in [2.24, 2.45) is 0 Å². The fourth-order valence-electron chi connectivity index (χ4n) is 3.54. The van der Waals surface area contributed by atoms with Crippen molar-refractivity contribution in [3.8, 4) is 11.5 Å². The topological polar surface area (TPSA) is 76.7 Å². The molecule has 0 spiro atoms. The number of carbonyl (C=O) groups is 2. The molecule has 0 saturated heterocycles. The molecule has 172 valence electrons. The van der Waals surface area contributed by atoms with Crippen LogP contribution in [0.4, 0.5) is 32.4 Å². The van der Waals surface area contributed by atoms with Crippen LogP contribution in [0.3, 0.4) is 0 Å². The van der Waals surface area contributed by atoms with Crippen molar-refractivity contribution in [2.75, 3.05) is 12.4 Å². The lowest BCUT2D eigenvalue weighted by molar-refractivity contribution is -0.149. The first kappa shape index (κ1) is 23.3. The smallest absolute Gasteiger partial charge is 0.331 e. The van der Waals surface area contributed by atoms with Gasteiger partial charge < -0.3 is 20.1 Å². The van der Waals surface area contributed by atoms with E-state index >= 15 is 0 Å². The average Bonchev–Trinajstić information content (AvgIpc) is 2.79. The highest BCUT2D eigenvalue weighted by molar-refractivity contribution is 5.94. The first-order chi connectivity index (χ1) is 15.2. The second-order valence-corrected chi connectivity index (χ2v) is 7.24. The van der Waals surface area contributed by atoms with Crippen molar-refractivity contribution in [2.45, 2.75) is 37.6 Å². The predicted octanol–water partition coefficient (Wildman–Crippen LogP) is 5.17. The molecule has 2 amide bonds. The van der Waals surface area contributed by atoms with Gasteiger partial charge in [0.25, 0.3) is 0 Å². The van der Waals surface area contributed by atoms with E-state index in [9.17, 15) is 31.5 Å². The van der Waals surface area contributed by atoms with Crippen LogP contribution in [-0.4, -0.2) is 24.6 Å². The lowest BCUT2D eigenvalue weighted by Gasteiger charge is -2.35. The summed E-state index contributed by atoms with van der Waals surface area (Å²) in [6.45, 7) is 0. The quantitative estimate of drug-likeness (QED) is 0.281. The van der Waals surface area contributed by atoms with E-state index < -0.39 is 52.4 Å². The first-order valence-electron chi connectivity index (χ1n) is 9.65. The Morgan fingerprint density at radius 2 is 1.50 bits per heavy atom. The van der Waals surface area contributed by atoms with Crippen LogP contribution in [0, 0.1) is 29.1 Å². The van der Waals surface area contributed by atoms with Gasteiger partial charge >= 0.3 is 12.0 Å². The second-order valence-electron chi connectivity index (χ2n) is 7.24. The molecular formula is C21H19F5N2O4. The van der Waals surface area contributed by atoms with E-state index in [1.165, 1.54) is 25.3 Å². The van der Waals surface area contributed by atoms with Gasteiger partial charge in [-0.2, -0.15) is 8.78 Å². The number of ether oxygens (including phenoxy) is 2. The number of methoxy groups -OCH3 is 1. The summed E-state index contributed by atoms with van der Waals surface area (Å²) < 4.78 is 77.3. The molecule has 0 aliphatic heterocycles. The number of nitrogens with one attached hydrogen (secondary N) is 2. The number of esters is 1. The van der Waals surface area contributed by atoms with Crippen LogP contribution in [0.25, 0.3) is 0 Å². The Morgan fingerprint density at radius 1 is 0.906 bits per heavy atom. The van der Waals surface area contributed by atoms with Crippen LogP contribution < -0.4 is 15.4 Å². The molecule has 1 aliphatic carbocycles. The third kappa shape index (κ3) is 4.61. The molecule has 0 aromatic heterocycles. The highest BCUT2D eigenvalue weighted by Crippen LogP contribution is 2.34. The van der Waals surface area contributed by atoms with Crippen LogP contribution in [0.5, 0.6) is 11.5 Å². The Balaban J connectivity index is 1.77. The lowest BCUT2D eigenvalue weighted by Crippen LogP contribution is -2.57. The molecule has 0 atom stereocenters. The largest absolute Gasteiger partial charge is 0.467 e. The summed E-state index contributed by atoms with van der Waals surface area (Å²) in [5.41, 5.74) is -1.10. The molecular weight excluding hydrogens is 439 g/mol. The summed E-state index contributed by atoms with van der Waals surface area (Å²) in [4.78, 5) is 24.7. The molecule has 0 heterocycles. The SMILES string of the molecule is COC(=O)C1(NC(=O)Nc2cccc(Oc3c(F)c(F)c(F)c(F)c3F)c2)CCCCC1. The van der Waals surface area contributed by atoms with Crippen molar-refractivity contribution in [3.63, 3.8) is 0 Å². The molecule has 6 nitrogen and oxygen atoms in total. The van der Waals surface area contributed by atoms with Crippen molar-refractivity contribution < 1.29 is 41.0 Å². The van der Waals surface area contributed by atoms with Gasteiger partial charge in [-0.25, -0.2) is 22.8 Å². The zero-order valence-electron chi connectivity index (χ0n) is 16.9. The maximum atomic E-state index is 13.8. The third-order valence-electron chi connectivity index (χ3n) is 5.12. The maximum absolute atomic E-state index is 13.8. The minimum atomic E-state index is -2.30. The van der Waals surface area contributed by atoms with Gasteiger partial charge in [-0.1, -0.05) is 25.3 Å². The predicted molar refractivity (Wildman–Crippen MR) is 103 cm³/mol. The molecule has 0 unspecified atom stereocenters. The molecule has 2 aromatic carbocycles. The number of rotatable bonds is 5. The fourth-order valence-corrected chi connectivity index (χ4v) is 3.54. The fraction of sp³-hybridized carbons (Fsp3) is 0.333. The van der Waals surface area contributed by atoms with Gasteiger partial charge in [0, 0.05) is 11.8 Å². The number of hydrogen-bond donors (Lipinski definition) is 2. The number of urea groups is 1. The monoisotopic (exact) mass is 458 g/mol. The maximum Gasteiger partial charge on any atom is 0.331 e. The molecule has 0 radical (unpaired) electrons. The molecule has 32 heavy (non-hydrogen) atoms. The summed E-state index contributed by atoms with van der Waals surface area (Å²) in [5.74, 6) is -13.2. The third-order valence-corrected chi connectivity index (χ3v) is 5.12. The number of carbonyl (C=O) groups excluding carboxylic acids is 2. The van der Waals surface area contributed by atoms with E-state index in [0.717, 1.165) is 25.3 Å². The van der Waals surface area contributed by atoms with Gasteiger partial charge in [0.2, 0.25) is 34.8 Å². The van der Waals surface area contributed by atoms with Crippen molar-refractivity contribution in [1.29, 1.82) is 0 Å². The molecule has 1 aliphatic rings. The lowest BCUT2D eigenvalue weighted by atomic mass is 9.82. The first-order valence-corrected chi connectivity index (χ1v) is 9.65. The zero-order chi connectivity index (χ0) is 23.5. The molecule has 1 fully saturated rings. The second kappa shape index (κ2) is 9.41. The zero-order valence-corrected chi connectivity index (χ0v) is 16.9. The summed E-state index contributed by atoms with van der Waals surface area (Å²) in [7, 11) is 1.22. The van der Waals surface area contributed by atoms with Gasteiger partial charge in [-0.15, -0.1) is 0 Å². The average molecular weight is 458 g/mol. The number of hydrogen-bond acceptors (Lipinski definition) is 4. The van der Waals surface area contributed by atoms with Gasteiger partial charge in [0.15, 0.2) is 0 Å². The number of halogens is 5.